The van der Waals surface area contributed by atoms with Gasteiger partial charge in [-0.3, -0.25) is 14.3 Å². The number of anilines is 2. The normalized spacial score (nSPS) is 16.4. The molecule has 0 unspecified atom stereocenters. The number of pyridine rings is 1. The summed E-state index contributed by atoms with van der Waals surface area (Å²) in [6.07, 6.45) is 6.04. The van der Waals surface area contributed by atoms with E-state index in [0.717, 1.165) is 54.4 Å². The fourth-order valence-corrected chi connectivity index (χ4v) is 4.28. The summed E-state index contributed by atoms with van der Waals surface area (Å²) in [5, 5.41) is 8.24. The van der Waals surface area contributed by atoms with Gasteiger partial charge in [0.1, 0.15) is 5.82 Å². The van der Waals surface area contributed by atoms with Crippen molar-refractivity contribution in [2.45, 2.75) is 38.8 Å². The molecule has 1 fully saturated rings. The van der Waals surface area contributed by atoms with Crippen LogP contribution in [0.3, 0.4) is 0 Å². The van der Waals surface area contributed by atoms with Crippen LogP contribution in [-0.4, -0.2) is 63.6 Å². The van der Waals surface area contributed by atoms with Crippen LogP contribution in [0.1, 0.15) is 36.4 Å². The number of hydrogen-bond donors (Lipinski definition) is 2. The van der Waals surface area contributed by atoms with E-state index >= 15 is 0 Å². The van der Waals surface area contributed by atoms with E-state index < -0.39 is 11.8 Å². The van der Waals surface area contributed by atoms with Crippen LogP contribution in [0.2, 0.25) is 0 Å². The molecule has 1 aliphatic rings. The van der Waals surface area contributed by atoms with Crippen molar-refractivity contribution in [2.24, 2.45) is 0 Å². The first kappa shape index (κ1) is 22.7. The molecule has 0 spiro atoms. The number of aryl methyl sites for hydroxylation is 1. The van der Waals surface area contributed by atoms with E-state index in [0.29, 0.717) is 18.1 Å². The highest BCUT2D eigenvalue weighted by molar-refractivity contribution is 6.39. The van der Waals surface area contributed by atoms with Crippen LogP contribution in [0.15, 0.2) is 36.7 Å². The first-order valence-electron chi connectivity index (χ1n) is 11.3. The number of nitrogens with two attached hydrogens (primary N) is 1. The predicted molar refractivity (Wildman–Crippen MR) is 129 cm³/mol. The van der Waals surface area contributed by atoms with Crippen molar-refractivity contribution in [3.8, 4) is 0 Å². The number of likely N-dealkylation sites (N-methyl/N-ethyl adjacent to an activating group) is 1. The van der Waals surface area contributed by atoms with Crippen LogP contribution < -0.4 is 11.1 Å². The number of rotatable bonds is 5. The molecule has 2 amide bonds. The SMILES string of the molecule is Cc1cc(NC(=O)C(=O)N2CCCC[C@H]2c2ccc3c(cnn3CCN(C)C)c2)cnc1N. The molecule has 3 aromatic rings. The minimum absolute atomic E-state index is 0.141. The van der Waals surface area contributed by atoms with Gasteiger partial charge in [0.2, 0.25) is 0 Å². The Bertz CT molecular complexity index is 1170. The maximum Gasteiger partial charge on any atom is 0.313 e. The average molecular weight is 450 g/mol. The Labute approximate surface area is 193 Å². The van der Waals surface area contributed by atoms with Crippen LogP contribution >= 0.6 is 0 Å². The van der Waals surface area contributed by atoms with E-state index in [1.807, 2.05) is 25.0 Å². The van der Waals surface area contributed by atoms with Crippen LogP contribution in [0.25, 0.3) is 10.9 Å². The van der Waals surface area contributed by atoms with Crippen molar-refractivity contribution in [3.63, 3.8) is 0 Å². The zero-order valence-corrected chi connectivity index (χ0v) is 19.4. The number of carbonyl (C=O) groups excluding carboxylic acids is 2. The fourth-order valence-electron chi connectivity index (χ4n) is 4.28. The zero-order chi connectivity index (χ0) is 23.5. The van der Waals surface area contributed by atoms with Crippen molar-refractivity contribution in [3.05, 3.63) is 47.8 Å². The molecule has 33 heavy (non-hydrogen) atoms. The number of fused-ring (bicyclic) bond motifs is 1. The lowest BCUT2D eigenvalue weighted by atomic mass is 9.94. The van der Waals surface area contributed by atoms with Crippen LogP contribution in [0, 0.1) is 6.92 Å². The van der Waals surface area contributed by atoms with Crippen molar-refractivity contribution < 1.29 is 9.59 Å². The number of carbonyl (C=O) groups is 2. The van der Waals surface area contributed by atoms with Crippen LogP contribution in [0.4, 0.5) is 11.5 Å². The van der Waals surface area contributed by atoms with Gasteiger partial charge in [0.25, 0.3) is 0 Å². The van der Waals surface area contributed by atoms with Gasteiger partial charge < -0.3 is 20.9 Å². The third-order valence-corrected chi connectivity index (χ3v) is 6.14. The first-order valence-corrected chi connectivity index (χ1v) is 11.3. The molecule has 4 rings (SSSR count). The predicted octanol–water partition coefficient (Wildman–Crippen LogP) is 2.58. The second kappa shape index (κ2) is 9.58. The summed E-state index contributed by atoms with van der Waals surface area (Å²) in [5.41, 5.74) is 9.04. The molecule has 9 heteroatoms. The van der Waals surface area contributed by atoms with Crippen molar-refractivity contribution in [2.75, 3.05) is 38.2 Å². The van der Waals surface area contributed by atoms with E-state index in [2.05, 4.69) is 38.5 Å². The van der Waals surface area contributed by atoms with E-state index in [1.54, 1.807) is 17.9 Å². The Kier molecular flexibility index (Phi) is 6.60. The van der Waals surface area contributed by atoms with Gasteiger partial charge in [0.15, 0.2) is 0 Å². The molecule has 0 aliphatic carbocycles. The van der Waals surface area contributed by atoms with Gasteiger partial charge in [-0.1, -0.05) is 6.07 Å². The molecule has 1 aliphatic heterocycles. The molecular formula is C24H31N7O2. The molecule has 3 N–H and O–H groups in total. The van der Waals surface area contributed by atoms with Gasteiger partial charge in [0.05, 0.1) is 36.2 Å². The Balaban J connectivity index is 1.52. The van der Waals surface area contributed by atoms with Crippen LogP contribution in [-0.2, 0) is 16.1 Å². The third kappa shape index (κ3) is 4.98. The average Bonchev–Trinajstić information content (AvgIpc) is 3.21. The lowest BCUT2D eigenvalue weighted by molar-refractivity contribution is -0.145. The molecule has 2 aromatic heterocycles. The monoisotopic (exact) mass is 449 g/mol. The lowest BCUT2D eigenvalue weighted by Gasteiger charge is -2.35. The largest absolute Gasteiger partial charge is 0.383 e. The summed E-state index contributed by atoms with van der Waals surface area (Å²) >= 11 is 0. The summed E-state index contributed by atoms with van der Waals surface area (Å²) < 4.78 is 2.00. The molecule has 0 radical (unpaired) electrons. The maximum absolute atomic E-state index is 13.1. The molecular weight excluding hydrogens is 418 g/mol. The standard InChI is InChI=1S/C24H31N7O2/c1-16-12-19(15-26-22(16)25)28-23(32)24(33)30-9-5-4-6-20(30)17-7-8-21-18(13-17)14-27-31(21)11-10-29(2)3/h7-8,12-15,20H,4-6,9-11H2,1-3H3,(H2,25,26)(H,28,32)/t20-/m0/s1. The van der Waals surface area contributed by atoms with Gasteiger partial charge in [-0.2, -0.15) is 5.10 Å². The summed E-state index contributed by atoms with van der Waals surface area (Å²) in [6.45, 7) is 4.07. The Hall–Kier alpha value is -3.46. The quantitative estimate of drug-likeness (QED) is 0.580. The molecule has 9 nitrogen and oxygen atoms in total. The molecule has 3 heterocycles. The second-order valence-corrected chi connectivity index (χ2v) is 8.88. The summed E-state index contributed by atoms with van der Waals surface area (Å²) in [5.74, 6) is -0.794. The number of nitrogens with zero attached hydrogens (tertiary/aromatic N) is 5. The van der Waals surface area contributed by atoms with Gasteiger partial charge in [-0.05, 0) is 69.6 Å². The van der Waals surface area contributed by atoms with E-state index in [1.165, 1.54) is 6.20 Å². The minimum Gasteiger partial charge on any atom is -0.383 e. The molecule has 174 valence electrons. The summed E-state index contributed by atoms with van der Waals surface area (Å²) in [6, 6.07) is 7.78. The second-order valence-electron chi connectivity index (χ2n) is 8.88. The van der Waals surface area contributed by atoms with Crippen LogP contribution in [0.5, 0.6) is 0 Å². The number of nitrogen functional groups attached to an aromatic ring is 1. The highest BCUT2D eigenvalue weighted by atomic mass is 16.2. The molecule has 1 aromatic carbocycles. The van der Waals surface area contributed by atoms with Gasteiger partial charge >= 0.3 is 11.8 Å². The first-order chi connectivity index (χ1) is 15.8. The molecule has 0 bridgehead atoms. The Morgan fingerprint density at radius 2 is 2.03 bits per heavy atom. The van der Waals surface area contributed by atoms with Crippen molar-refractivity contribution in [1.82, 2.24) is 24.6 Å². The third-order valence-electron chi connectivity index (χ3n) is 6.14. The van der Waals surface area contributed by atoms with Gasteiger partial charge in [-0.15, -0.1) is 0 Å². The highest BCUT2D eigenvalue weighted by Crippen LogP contribution is 2.33. The lowest BCUT2D eigenvalue weighted by Crippen LogP contribution is -2.44. The summed E-state index contributed by atoms with van der Waals surface area (Å²) in [7, 11) is 4.08. The summed E-state index contributed by atoms with van der Waals surface area (Å²) in [4.78, 5) is 33.7. The number of aromatic nitrogens is 3. The minimum atomic E-state index is -0.662. The number of likely N-dealkylation sites (tertiary alicyclic amines) is 1. The van der Waals surface area contributed by atoms with E-state index in [9.17, 15) is 9.59 Å². The number of hydrogen-bond acceptors (Lipinski definition) is 6. The van der Waals surface area contributed by atoms with E-state index in [-0.39, 0.29) is 6.04 Å². The highest BCUT2D eigenvalue weighted by Gasteiger charge is 2.32. The maximum atomic E-state index is 13.1. The number of amides is 2. The zero-order valence-electron chi connectivity index (χ0n) is 19.4. The van der Waals surface area contributed by atoms with Gasteiger partial charge in [0, 0.05) is 18.5 Å². The molecule has 1 saturated heterocycles. The Morgan fingerprint density at radius 1 is 1.21 bits per heavy atom. The Morgan fingerprint density at radius 3 is 2.79 bits per heavy atom. The topological polar surface area (TPSA) is 109 Å². The van der Waals surface area contributed by atoms with Gasteiger partial charge in [-0.25, -0.2) is 4.98 Å². The van der Waals surface area contributed by atoms with Crippen molar-refractivity contribution >= 4 is 34.2 Å². The number of benzene rings is 1. The fraction of sp³-hybridized carbons (Fsp3) is 0.417. The number of nitrogens with one attached hydrogen (secondary N) is 1. The number of piperidine rings is 1. The molecule has 0 saturated carbocycles. The molecule has 1 atom stereocenters. The van der Waals surface area contributed by atoms with Crippen molar-refractivity contribution in [1.29, 1.82) is 0 Å². The smallest absolute Gasteiger partial charge is 0.313 e. The van der Waals surface area contributed by atoms with E-state index in [4.69, 9.17) is 5.73 Å².